The number of hydrogen-bond acceptors (Lipinski definition) is 6. The van der Waals surface area contributed by atoms with Crippen LogP contribution >= 0.6 is 11.3 Å². The summed E-state index contributed by atoms with van der Waals surface area (Å²) in [7, 11) is 1.39. The van der Waals surface area contributed by atoms with Crippen LogP contribution in [0.2, 0.25) is 0 Å². The summed E-state index contributed by atoms with van der Waals surface area (Å²) >= 11 is 1.87. The Kier molecular flexibility index (Phi) is 4.95. The van der Waals surface area contributed by atoms with Gasteiger partial charge in [-0.05, 0) is 61.9 Å². The number of rotatable bonds is 3. The van der Waals surface area contributed by atoms with E-state index in [4.69, 9.17) is 9.73 Å². The Hall–Kier alpha value is -3.58. The van der Waals surface area contributed by atoms with E-state index in [1.807, 2.05) is 30.4 Å². The van der Waals surface area contributed by atoms with Gasteiger partial charge in [0.05, 0.1) is 18.4 Å². The lowest BCUT2D eigenvalue weighted by molar-refractivity contribution is 0.0600. The normalized spacial score (nSPS) is 16.3. The molecule has 0 radical (unpaired) electrons. The zero-order valence-electron chi connectivity index (χ0n) is 19.3. The summed E-state index contributed by atoms with van der Waals surface area (Å²) in [5.74, 6) is 1.48. The number of esters is 1. The van der Waals surface area contributed by atoms with E-state index in [0.29, 0.717) is 5.56 Å². The minimum absolute atomic E-state index is 0.0848. The summed E-state index contributed by atoms with van der Waals surface area (Å²) in [6.45, 7) is 4.11. The van der Waals surface area contributed by atoms with Crippen LogP contribution < -0.4 is 0 Å². The molecular formula is C27H24N4O2S. The number of hydrogen-bond donors (Lipinski definition) is 0. The number of carbonyl (C=O) groups is 1. The molecule has 6 rings (SSSR count). The number of ether oxygens (including phenoxy) is 1. The monoisotopic (exact) mass is 468 g/mol. The molecule has 170 valence electrons. The number of thiophene rings is 1. The number of carbonyl (C=O) groups excluding carboxylic acids is 1. The van der Waals surface area contributed by atoms with Crippen LogP contribution in [0.1, 0.15) is 63.0 Å². The first-order valence-corrected chi connectivity index (χ1v) is 12.3. The van der Waals surface area contributed by atoms with Crippen LogP contribution in [0.3, 0.4) is 0 Å². The first kappa shape index (κ1) is 21.0. The number of fused-ring (bicyclic) bond motifs is 5. The second kappa shape index (κ2) is 8.02. The van der Waals surface area contributed by atoms with Crippen LogP contribution in [0.15, 0.2) is 53.5 Å². The molecule has 4 aromatic rings. The molecule has 0 fully saturated rings. The molecule has 0 saturated carbocycles. The minimum Gasteiger partial charge on any atom is -0.465 e. The smallest absolute Gasteiger partial charge is 0.337 e. The zero-order valence-corrected chi connectivity index (χ0v) is 20.1. The van der Waals surface area contributed by atoms with E-state index >= 15 is 0 Å². The second-order valence-corrected chi connectivity index (χ2v) is 9.86. The van der Waals surface area contributed by atoms with Gasteiger partial charge in [0.2, 0.25) is 0 Å². The van der Waals surface area contributed by atoms with Gasteiger partial charge in [0, 0.05) is 16.0 Å². The number of aromatic nitrogens is 3. The first-order valence-electron chi connectivity index (χ1n) is 11.5. The third-order valence-electron chi connectivity index (χ3n) is 6.69. The summed E-state index contributed by atoms with van der Waals surface area (Å²) in [6, 6.07) is 16.0. The van der Waals surface area contributed by atoms with Crippen LogP contribution in [-0.2, 0) is 17.6 Å². The van der Waals surface area contributed by atoms with Crippen LogP contribution in [0.4, 0.5) is 0 Å². The Morgan fingerprint density at radius 1 is 1.00 bits per heavy atom. The van der Waals surface area contributed by atoms with Gasteiger partial charge in [0.15, 0.2) is 5.82 Å². The third-order valence-corrected chi connectivity index (χ3v) is 7.96. The molecule has 3 heterocycles. The van der Waals surface area contributed by atoms with Gasteiger partial charge >= 0.3 is 5.97 Å². The van der Waals surface area contributed by atoms with Crippen LogP contribution in [0.25, 0.3) is 16.1 Å². The molecule has 7 heteroatoms. The highest BCUT2D eigenvalue weighted by atomic mass is 32.1. The van der Waals surface area contributed by atoms with Gasteiger partial charge in [-0.1, -0.05) is 36.4 Å². The SMILES string of the molecule is COC(=O)c1ccc(-c2ccc(C3=NC(C)c4nnc(C)n4-c4sc5c(c43)CCC5)cc2)cc1. The number of methoxy groups -OCH3 is 1. The van der Waals surface area contributed by atoms with Crippen molar-refractivity contribution < 1.29 is 9.53 Å². The van der Waals surface area contributed by atoms with Gasteiger partial charge in [-0.2, -0.15) is 0 Å². The fourth-order valence-electron chi connectivity index (χ4n) is 4.96. The molecule has 0 bridgehead atoms. The molecule has 6 nitrogen and oxygen atoms in total. The Balaban J connectivity index is 1.42. The van der Waals surface area contributed by atoms with Crippen molar-refractivity contribution in [1.82, 2.24) is 14.8 Å². The van der Waals surface area contributed by atoms with Crippen molar-refractivity contribution >= 4 is 23.0 Å². The van der Waals surface area contributed by atoms with Gasteiger partial charge in [0.25, 0.3) is 0 Å². The highest BCUT2D eigenvalue weighted by Gasteiger charge is 2.32. The van der Waals surface area contributed by atoms with Gasteiger partial charge in [0.1, 0.15) is 16.9 Å². The molecule has 1 atom stereocenters. The molecule has 2 aromatic heterocycles. The third kappa shape index (κ3) is 3.22. The van der Waals surface area contributed by atoms with E-state index in [1.54, 1.807) is 12.1 Å². The number of nitrogens with zero attached hydrogens (tertiary/aromatic N) is 4. The zero-order chi connectivity index (χ0) is 23.4. The van der Waals surface area contributed by atoms with Crippen LogP contribution in [0, 0.1) is 6.92 Å². The van der Waals surface area contributed by atoms with Crippen molar-refractivity contribution in [1.29, 1.82) is 0 Å². The summed E-state index contributed by atoms with van der Waals surface area (Å²) < 4.78 is 7.01. The van der Waals surface area contributed by atoms with Gasteiger partial charge < -0.3 is 4.74 Å². The van der Waals surface area contributed by atoms with Crippen molar-refractivity contribution in [3.8, 4) is 16.1 Å². The number of benzene rings is 2. The molecule has 1 aliphatic carbocycles. The molecule has 34 heavy (non-hydrogen) atoms. The quantitative estimate of drug-likeness (QED) is 0.373. The Labute approximate surface area is 202 Å². The molecular weight excluding hydrogens is 444 g/mol. The predicted octanol–water partition coefficient (Wildman–Crippen LogP) is 5.49. The molecule has 2 aromatic carbocycles. The summed E-state index contributed by atoms with van der Waals surface area (Å²) in [6.07, 6.45) is 3.42. The van der Waals surface area contributed by atoms with Crippen molar-refractivity contribution in [2.45, 2.75) is 39.2 Å². The van der Waals surface area contributed by atoms with Gasteiger partial charge in [-0.3, -0.25) is 9.56 Å². The Morgan fingerprint density at radius 2 is 1.68 bits per heavy atom. The van der Waals surface area contributed by atoms with Crippen LogP contribution in [-0.4, -0.2) is 33.6 Å². The summed E-state index contributed by atoms with van der Waals surface area (Å²) in [5, 5.41) is 10.0. The molecule has 2 aliphatic rings. The van der Waals surface area contributed by atoms with Crippen molar-refractivity contribution in [3.05, 3.63) is 87.3 Å². The fraction of sp³-hybridized carbons (Fsp3) is 0.259. The van der Waals surface area contributed by atoms with Crippen molar-refractivity contribution in [2.24, 2.45) is 4.99 Å². The average Bonchev–Trinajstić information content (AvgIpc) is 3.54. The first-order chi connectivity index (χ1) is 16.5. The largest absolute Gasteiger partial charge is 0.465 e. The average molecular weight is 469 g/mol. The molecule has 0 N–H and O–H groups in total. The maximum absolute atomic E-state index is 11.7. The van der Waals surface area contributed by atoms with Gasteiger partial charge in [-0.15, -0.1) is 21.5 Å². The van der Waals surface area contributed by atoms with Crippen molar-refractivity contribution in [2.75, 3.05) is 7.11 Å². The molecule has 0 spiro atoms. The van der Waals surface area contributed by atoms with E-state index in [2.05, 4.69) is 46.0 Å². The van der Waals surface area contributed by atoms with E-state index < -0.39 is 0 Å². The number of aliphatic imine (C=N–C) groups is 1. The highest BCUT2D eigenvalue weighted by molar-refractivity contribution is 7.15. The van der Waals surface area contributed by atoms with E-state index in [9.17, 15) is 4.79 Å². The lowest BCUT2D eigenvalue weighted by Crippen LogP contribution is -2.08. The molecule has 1 unspecified atom stereocenters. The molecule has 0 amide bonds. The van der Waals surface area contributed by atoms with E-state index in [0.717, 1.165) is 46.9 Å². The number of aryl methyl sites for hydroxylation is 2. The topological polar surface area (TPSA) is 69.4 Å². The summed E-state index contributed by atoms with van der Waals surface area (Å²) in [5.41, 5.74) is 7.52. The van der Waals surface area contributed by atoms with Crippen molar-refractivity contribution in [3.63, 3.8) is 0 Å². The fourth-order valence-corrected chi connectivity index (χ4v) is 6.41. The lowest BCUT2D eigenvalue weighted by Gasteiger charge is -2.11. The van der Waals surface area contributed by atoms with Gasteiger partial charge in [-0.25, -0.2) is 4.79 Å². The lowest BCUT2D eigenvalue weighted by atomic mass is 9.96. The highest BCUT2D eigenvalue weighted by Crippen LogP contribution is 2.42. The minimum atomic E-state index is -0.327. The summed E-state index contributed by atoms with van der Waals surface area (Å²) in [4.78, 5) is 18.4. The maximum atomic E-state index is 11.7. The maximum Gasteiger partial charge on any atom is 0.337 e. The predicted molar refractivity (Wildman–Crippen MR) is 133 cm³/mol. The van der Waals surface area contributed by atoms with E-state index in [1.165, 1.54) is 34.5 Å². The Bertz CT molecular complexity index is 1450. The Morgan fingerprint density at radius 3 is 2.38 bits per heavy atom. The molecule has 1 aliphatic heterocycles. The van der Waals surface area contributed by atoms with E-state index in [-0.39, 0.29) is 12.0 Å². The second-order valence-electron chi connectivity index (χ2n) is 8.78. The standard InChI is InChI=1S/C27H24N4O2S/c1-15-25-30-29-16(2)31(25)26-23(21-5-4-6-22(21)34-26)24(28-15)19-11-7-17(8-12-19)18-9-13-20(14-10-18)27(32)33-3/h7-15H,4-6H2,1-3H3. The van der Waals surface area contributed by atoms with Crippen LogP contribution in [0.5, 0.6) is 0 Å². The molecule has 0 saturated heterocycles.